The molecule has 0 radical (unpaired) electrons. The molecular weight excluding hydrogens is 175 g/mol. The maximum absolute atomic E-state index is 8.74. The zero-order valence-corrected chi connectivity index (χ0v) is 4.09. The van der Waals surface area contributed by atoms with Crippen LogP contribution in [0.4, 0.5) is 0 Å². The topological polar surface area (TPSA) is 127 Å². The Morgan fingerprint density at radius 1 is 1.11 bits per heavy atom. The van der Waals surface area contributed by atoms with Crippen molar-refractivity contribution in [3.05, 3.63) is 0 Å². The van der Waals surface area contributed by atoms with E-state index in [2.05, 4.69) is 11.7 Å². The first-order chi connectivity index (χ1) is 3.00. The standard InChI is InChI=1S/Al.Mg.H4N2.H2O4S.5H/c;;1-2;1-5(2,3)4;;;;;/h;;1-2H2;(H2,1,2,3,4);;;;;. The molecule has 0 rings (SSSR count). The highest BCUT2D eigenvalue weighted by molar-refractivity contribution is 7.79. The van der Waals surface area contributed by atoms with Crippen LogP contribution in [0.1, 0.15) is 0 Å². The molecule has 56 valence electrons. The Bertz CT molecular complexity index is 102. The zero-order valence-electron chi connectivity index (χ0n) is 3.27. The van der Waals surface area contributed by atoms with Crippen LogP contribution in [0.3, 0.4) is 0 Å². The highest BCUT2D eigenvalue weighted by Crippen LogP contribution is 1.59. The summed E-state index contributed by atoms with van der Waals surface area (Å²) in [5.41, 5.74) is 0. The second-order valence-corrected chi connectivity index (χ2v) is 1.34. The number of nitrogens with two attached hydrogens (primary N) is 2. The lowest BCUT2D eigenvalue weighted by atomic mass is 13.0. The first-order valence-corrected chi connectivity index (χ1v) is 2.43. The van der Waals surface area contributed by atoms with Crippen LogP contribution in [-0.2, 0) is 10.4 Å². The molecule has 0 heterocycles. The number of hydrogen-bond acceptors (Lipinski definition) is 4. The van der Waals surface area contributed by atoms with Crippen LogP contribution in [0, 0.1) is 0 Å². The SMILES string of the molecule is NN.O=S(=O)(O)O.[AlH3].[MgH2]. The van der Waals surface area contributed by atoms with Gasteiger partial charge in [0.05, 0.1) is 0 Å². The second kappa shape index (κ2) is 11.8. The van der Waals surface area contributed by atoms with Gasteiger partial charge in [0.2, 0.25) is 0 Å². The van der Waals surface area contributed by atoms with Gasteiger partial charge in [0.25, 0.3) is 0 Å². The van der Waals surface area contributed by atoms with Crippen LogP contribution in [0.25, 0.3) is 0 Å². The largest absolute Gasteiger partial charge is 0.394 e. The van der Waals surface area contributed by atoms with Gasteiger partial charge in [-0.15, -0.1) is 0 Å². The van der Waals surface area contributed by atoms with Gasteiger partial charge in [-0.05, 0) is 0 Å². The zero-order chi connectivity index (χ0) is 6.50. The molecule has 0 spiro atoms. The lowest BCUT2D eigenvalue weighted by Crippen LogP contribution is -2.02. The molecule has 0 aromatic heterocycles. The maximum atomic E-state index is 8.74. The first-order valence-electron chi connectivity index (χ1n) is 1.03. The Morgan fingerprint density at radius 3 is 1.11 bits per heavy atom. The lowest BCUT2D eigenvalue weighted by Gasteiger charge is -1.68. The molecule has 0 aromatic rings. The molecule has 0 aliphatic rings. The molecule has 0 amide bonds. The van der Waals surface area contributed by atoms with Crippen LogP contribution in [0.5, 0.6) is 0 Å². The quantitative estimate of drug-likeness (QED) is 0.132. The Balaban J connectivity index is -0.0000000286. The van der Waals surface area contributed by atoms with E-state index < -0.39 is 10.4 Å². The smallest absolute Gasteiger partial charge is 0.274 e. The van der Waals surface area contributed by atoms with E-state index in [0.717, 1.165) is 0 Å². The molecule has 6 N–H and O–H groups in total. The monoisotopic (exact) mass is 186 g/mol. The third-order valence-corrected chi connectivity index (χ3v) is 0. The summed E-state index contributed by atoms with van der Waals surface area (Å²) in [6, 6.07) is 0. The van der Waals surface area contributed by atoms with E-state index in [1.165, 1.54) is 0 Å². The summed E-state index contributed by atoms with van der Waals surface area (Å²) in [4.78, 5) is 0. The van der Waals surface area contributed by atoms with Crippen LogP contribution >= 0.6 is 0 Å². The van der Waals surface area contributed by atoms with Gasteiger partial charge in [-0.1, -0.05) is 0 Å². The van der Waals surface area contributed by atoms with E-state index in [1.807, 2.05) is 0 Å². The average molecular weight is 186 g/mol. The summed E-state index contributed by atoms with van der Waals surface area (Å²) in [5, 5.41) is 0. The van der Waals surface area contributed by atoms with E-state index >= 15 is 0 Å². The van der Waals surface area contributed by atoms with Crippen molar-refractivity contribution >= 4 is 50.8 Å². The molecule has 0 unspecified atom stereocenters. The lowest BCUT2D eigenvalue weighted by molar-refractivity contribution is 0.381. The van der Waals surface area contributed by atoms with Gasteiger partial charge in [-0.3, -0.25) is 20.8 Å². The summed E-state index contributed by atoms with van der Waals surface area (Å²) in [5.74, 6) is 8.00. The van der Waals surface area contributed by atoms with Crippen molar-refractivity contribution in [1.82, 2.24) is 0 Å². The van der Waals surface area contributed by atoms with E-state index in [-0.39, 0.29) is 40.4 Å². The summed E-state index contributed by atoms with van der Waals surface area (Å²) in [7, 11) is -4.67. The number of hydrazine groups is 1. The minimum absolute atomic E-state index is 0. The summed E-state index contributed by atoms with van der Waals surface area (Å²) in [6.07, 6.45) is 0. The molecule has 0 aliphatic heterocycles. The molecule has 0 atom stereocenters. The van der Waals surface area contributed by atoms with Crippen molar-refractivity contribution < 1.29 is 17.5 Å². The molecule has 0 bridgehead atoms. The van der Waals surface area contributed by atoms with Crippen molar-refractivity contribution in [2.75, 3.05) is 0 Å². The molecule has 9 heavy (non-hydrogen) atoms. The Morgan fingerprint density at radius 2 is 1.11 bits per heavy atom. The van der Waals surface area contributed by atoms with Gasteiger partial charge in [0, 0.05) is 0 Å². The van der Waals surface area contributed by atoms with E-state index in [0.29, 0.717) is 0 Å². The van der Waals surface area contributed by atoms with Crippen molar-refractivity contribution in [3.8, 4) is 0 Å². The predicted molar refractivity (Wildman–Crippen MR) is 41.0 cm³/mol. The highest BCUT2D eigenvalue weighted by atomic mass is 32.3. The van der Waals surface area contributed by atoms with Crippen molar-refractivity contribution in [2.24, 2.45) is 11.7 Å². The molecular formula is H11AlMgN2O4S. The maximum Gasteiger partial charge on any atom is 0.394 e. The van der Waals surface area contributed by atoms with Crippen molar-refractivity contribution in [1.29, 1.82) is 0 Å². The van der Waals surface area contributed by atoms with Gasteiger partial charge < -0.3 is 0 Å². The third-order valence-electron chi connectivity index (χ3n) is 0. The Labute approximate surface area is 79.8 Å². The minimum Gasteiger partial charge on any atom is -0.274 e. The normalized spacial score (nSPS) is 7.11. The average Bonchev–Trinajstić information content (AvgIpc) is 1.36. The van der Waals surface area contributed by atoms with E-state index in [4.69, 9.17) is 17.5 Å². The molecule has 6 nitrogen and oxygen atoms in total. The molecule has 9 heteroatoms. The van der Waals surface area contributed by atoms with E-state index in [1.54, 1.807) is 0 Å². The van der Waals surface area contributed by atoms with Crippen molar-refractivity contribution in [3.63, 3.8) is 0 Å². The van der Waals surface area contributed by atoms with E-state index in [9.17, 15) is 0 Å². The Hall–Kier alpha value is 1.09. The number of rotatable bonds is 0. The van der Waals surface area contributed by atoms with Gasteiger partial charge in [-0.25, -0.2) is 0 Å². The Kier molecular flexibility index (Phi) is 29.6. The molecule has 0 aliphatic carbocycles. The first kappa shape index (κ1) is 22.5. The van der Waals surface area contributed by atoms with Crippen LogP contribution in [-0.4, -0.2) is 57.9 Å². The van der Waals surface area contributed by atoms with Crippen molar-refractivity contribution in [2.45, 2.75) is 0 Å². The molecule has 0 saturated heterocycles. The fourth-order valence-corrected chi connectivity index (χ4v) is 0. The van der Waals surface area contributed by atoms with Crippen LogP contribution < -0.4 is 11.7 Å². The fraction of sp³-hybridized carbons (Fsp3) is 0. The molecule has 0 aromatic carbocycles. The number of hydrogen-bond donors (Lipinski definition) is 4. The fourth-order valence-electron chi connectivity index (χ4n) is 0. The highest BCUT2D eigenvalue weighted by Gasteiger charge is 1.84. The van der Waals surface area contributed by atoms with Gasteiger partial charge >= 0.3 is 33.5 Å². The van der Waals surface area contributed by atoms with Crippen LogP contribution in [0.15, 0.2) is 0 Å². The predicted octanol–water partition coefficient (Wildman–Crippen LogP) is -3.93. The van der Waals surface area contributed by atoms with Gasteiger partial charge in [0.15, 0.2) is 17.4 Å². The van der Waals surface area contributed by atoms with Crippen LogP contribution in [0.2, 0.25) is 0 Å². The minimum atomic E-state index is -4.67. The third kappa shape index (κ3) is 385. The second-order valence-electron chi connectivity index (χ2n) is 0.448. The van der Waals surface area contributed by atoms with Gasteiger partial charge in [0.1, 0.15) is 0 Å². The summed E-state index contributed by atoms with van der Waals surface area (Å²) < 4.78 is 31.6. The van der Waals surface area contributed by atoms with Gasteiger partial charge in [-0.2, -0.15) is 8.42 Å². The summed E-state index contributed by atoms with van der Waals surface area (Å²) >= 11 is 0. The molecule has 0 fully saturated rings. The molecule has 0 saturated carbocycles. The summed E-state index contributed by atoms with van der Waals surface area (Å²) in [6.45, 7) is 0.